The maximum absolute atomic E-state index is 13.4. The molecule has 2 atom stereocenters. The zero-order valence-electron chi connectivity index (χ0n) is 16.7. The number of ketones is 1. The highest BCUT2D eigenvalue weighted by molar-refractivity contribution is 6.09. The summed E-state index contributed by atoms with van der Waals surface area (Å²) in [5, 5.41) is 1.93. The number of hydrogen-bond acceptors (Lipinski definition) is 4. The van der Waals surface area contributed by atoms with E-state index in [-0.39, 0.29) is 36.5 Å². The van der Waals surface area contributed by atoms with Gasteiger partial charge in [-0.1, -0.05) is 48.5 Å². The van der Waals surface area contributed by atoms with Gasteiger partial charge >= 0.3 is 6.09 Å². The highest BCUT2D eigenvalue weighted by Gasteiger charge is 2.46. The Morgan fingerprint density at radius 1 is 0.967 bits per heavy atom. The fraction of sp³-hybridized carbons (Fsp3) is 0.320. The number of Topliss-reactive ketones (excluding diaryl/α,β-unsaturated/α-hetero) is 1. The van der Waals surface area contributed by atoms with Crippen molar-refractivity contribution in [3.63, 3.8) is 0 Å². The van der Waals surface area contributed by atoms with Gasteiger partial charge in [0, 0.05) is 41.3 Å². The molecular formula is C25H24N2O3. The molecule has 2 aliphatic heterocycles. The molecule has 0 aliphatic carbocycles. The minimum atomic E-state index is -0.256. The van der Waals surface area contributed by atoms with Crippen molar-refractivity contribution >= 4 is 22.6 Å². The van der Waals surface area contributed by atoms with E-state index in [4.69, 9.17) is 4.74 Å². The summed E-state index contributed by atoms with van der Waals surface area (Å²) in [6.45, 7) is 0.280. The Morgan fingerprint density at radius 2 is 1.73 bits per heavy atom. The molecule has 3 aromatic rings. The smallest absolute Gasteiger partial charge is 0.410 e. The van der Waals surface area contributed by atoms with Crippen molar-refractivity contribution < 1.29 is 14.3 Å². The van der Waals surface area contributed by atoms with Crippen molar-refractivity contribution in [1.82, 2.24) is 9.88 Å². The molecule has 0 spiro atoms. The molecule has 2 aliphatic rings. The van der Waals surface area contributed by atoms with Crippen LogP contribution in [0.3, 0.4) is 0 Å². The number of pyridine rings is 1. The number of nitrogens with zero attached hydrogens (tertiary/aromatic N) is 2. The molecule has 2 fully saturated rings. The Labute approximate surface area is 175 Å². The van der Waals surface area contributed by atoms with E-state index in [9.17, 15) is 9.59 Å². The molecule has 2 aromatic carbocycles. The van der Waals surface area contributed by atoms with E-state index in [2.05, 4.69) is 4.98 Å². The first kappa shape index (κ1) is 18.8. The van der Waals surface area contributed by atoms with Crippen molar-refractivity contribution in [2.24, 2.45) is 5.92 Å². The summed E-state index contributed by atoms with van der Waals surface area (Å²) in [5.74, 6) is 0.125. The number of fused-ring (bicyclic) bond motifs is 3. The lowest BCUT2D eigenvalue weighted by molar-refractivity contribution is 0.0485. The number of rotatable bonds is 4. The van der Waals surface area contributed by atoms with Gasteiger partial charge in [0.25, 0.3) is 0 Å². The van der Waals surface area contributed by atoms with Crippen molar-refractivity contribution in [2.75, 3.05) is 0 Å². The minimum Gasteiger partial charge on any atom is -0.445 e. The molecule has 5 rings (SSSR count). The van der Waals surface area contributed by atoms with E-state index in [1.807, 2.05) is 59.5 Å². The zero-order valence-corrected chi connectivity index (χ0v) is 16.7. The number of carbonyl (C=O) groups is 2. The monoisotopic (exact) mass is 400 g/mol. The van der Waals surface area contributed by atoms with Gasteiger partial charge in [0.1, 0.15) is 6.61 Å². The van der Waals surface area contributed by atoms with Gasteiger partial charge in [0.05, 0.1) is 0 Å². The van der Waals surface area contributed by atoms with E-state index >= 15 is 0 Å². The molecule has 152 valence electrons. The van der Waals surface area contributed by atoms with Crippen LogP contribution in [0, 0.1) is 5.92 Å². The maximum atomic E-state index is 13.4. The van der Waals surface area contributed by atoms with Crippen molar-refractivity contribution in [1.29, 1.82) is 0 Å². The number of benzene rings is 2. The van der Waals surface area contributed by atoms with Gasteiger partial charge in [-0.3, -0.25) is 9.78 Å². The Hall–Kier alpha value is -3.21. The molecule has 2 unspecified atom stereocenters. The largest absolute Gasteiger partial charge is 0.445 e. The van der Waals surface area contributed by atoms with E-state index in [0.717, 1.165) is 34.7 Å². The maximum Gasteiger partial charge on any atom is 0.410 e. The fourth-order valence-corrected chi connectivity index (χ4v) is 5.04. The lowest BCUT2D eigenvalue weighted by Crippen LogP contribution is -2.48. The lowest BCUT2D eigenvalue weighted by Gasteiger charge is -2.37. The third-order valence-electron chi connectivity index (χ3n) is 6.47. The molecule has 1 aromatic heterocycles. The molecule has 30 heavy (non-hydrogen) atoms. The first-order chi connectivity index (χ1) is 14.7. The van der Waals surface area contributed by atoms with Crippen molar-refractivity contribution in [2.45, 2.75) is 44.4 Å². The Balaban J connectivity index is 1.29. The van der Waals surface area contributed by atoms with Crippen molar-refractivity contribution in [3.8, 4) is 0 Å². The summed E-state index contributed by atoms with van der Waals surface area (Å²) >= 11 is 0. The number of hydrogen-bond donors (Lipinski definition) is 0. The number of ether oxygens (including phenoxy) is 1. The SMILES string of the molecule is O=C(c1cccc2cnccc12)C1CC2CCC(C1)N2C(=O)OCc1ccccc1. The summed E-state index contributed by atoms with van der Waals surface area (Å²) in [6.07, 6.45) is 6.56. The van der Waals surface area contributed by atoms with Gasteiger partial charge in [-0.15, -0.1) is 0 Å². The summed E-state index contributed by atoms with van der Waals surface area (Å²) < 4.78 is 5.58. The summed E-state index contributed by atoms with van der Waals surface area (Å²) in [5.41, 5.74) is 1.74. The van der Waals surface area contributed by atoms with Crippen LogP contribution in [-0.4, -0.2) is 33.8 Å². The van der Waals surface area contributed by atoms with E-state index in [1.165, 1.54) is 0 Å². The quantitative estimate of drug-likeness (QED) is 0.579. The summed E-state index contributed by atoms with van der Waals surface area (Å²) in [4.78, 5) is 32.2. The zero-order chi connectivity index (χ0) is 20.5. The van der Waals surface area contributed by atoms with Gasteiger partial charge < -0.3 is 9.64 Å². The van der Waals surface area contributed by atoms with E-state index in [0.29, 0.717) is 12.8 Å². The molecule has 3 heterocycles. The highest BCUT2D eigenvalue weighted by Crippen LogP contribution is 2.40. The number of carbonyl (C=O) groups excluding carboxylic acids is 2. The number of piperidine rings is 1. The summed E-state index contributed by atoms with van der Waals surface area (Å²) in [6, 6.07) is 17.6. The van der Waals surface area contributed by atoms with Crippen LogP contribution >= 0.6 is 0 Å². The van der Waals surface area contributed by atoms with Crippen LogP contribution in [0.1, 0.15) is 41.6 Å². The second-order valence-corrected chi connectivity index (χ2v) is 8.27. The van der Waals surface area contributed by atoms with Gasteiger partial charge in [-0.25, -0.2) is 4.79 Å². The van der Waals surface area contributed by atoms with Gasteiger partial charge in [0.15, 0.2) is 5.78 Å². The second kappa shape index (κ2) is 7.90. The van der Waals surface area contributed by atoms with Crippen LogP contribution in [0.15, 0.2) is 67.0 Å². The molecule has 0 N–H and O–H groups in total. The lowest BCUT2D eigenvalue weighted by atomic mass is 9.84. The first-order valence-electron chi connectivity index (χ1n) is 10.6. The average Bonchev–Trinajstić information content (AvgIpc) is 3.06. The fourth-order valence-electron chi connectivity index (χ4n) is 5.04. The van der Waals surface area contributed by atoms with Crippen LogP contribution in [0.2, 0.25) is 0 Å². The molecule has 0 saturated carbocycles. The third kappa shape index (κ3) is 3.45. The normalized spacial score (nSPS) is 22.8. The van der Waals surface area contributed by atoms with Gasteiger partial charge in [-0.05, 0) is 42.7 Å². The Bertz CT molecular complexity index is 1060. The molecule has 1 amide bonds. The van der Waals surface area contributed by atoms with Gasteiger partial charge in [0.2, 0.25) is 0 Å². The average molecular weight is 400 g/mol. The molecule has 5 heteroatoms. The van der Waals surface area contributed by atoms with Crippen molar-refractivity contribution in [3.05, 3.63) is 78.1 Å². The van der Waals surface area contributed by atoms with Crippen LogP contribution in [0.4, 0.5) is 4.79 Å². The molecule has 2 saturated heterocycles. The van der Waals surface area contributed by atoms with E-state index in [1.54, 1.807) is 12.4 Å². The molecular weight excluding hydrogens is 376 g/mol. The number of aromatic nitrogens is 1. The predicted octanol–water partition coefficient (Wildman–Crippen LogP) is 5.00. The van der Waals surface area contributed by atoms with Crippen LogP contribution in [0.25, 0.3) is 10.8 Å². The Morgan fingerprint density at radius 3 is 2.50 bits per heavy atom. The topological polar surface area (TPSA) is 59.5 Å². The third-order valence-corrected chi connectivity index (χ3v) is 6.47. The van der Waals surface area contributed by atoms with Crippen LogP contribution in [-0.2, 0) is 11.3 Å². The molecule has 5 nitrogen and oxygen atoms in total. The Kier molecular flexibility index (Phi) is 4.95. The molecule has 2 bridgehead atoms. The standard InChI is InChI=1S/C25H24N2O3/c28-24(23-8-4-7-18-15-26-12-11-22(18)23)19-13-20-9-10-21(14-19)27(20)25(29)30-16-17-5-2-1-3-6-17/h1-8,11-12,15,19-21H,9-10,13-14,16H2. The van der Waals surface area contributed by atoms with E-state index < -0.39 is 0 Å². The summed E-state index contributed by atoms with van der Waals surface area (Å²) in [7, 11) is 0. The first-order valence-corrected chi connectivity index (χ1v) is 10.6. The minimum absolute atomic E-state index is 0.0561. The van der Waals surface area contributed by atoms with Crippen LogP contribution < -0.4 is 0 Å². The second-order valence-electron chi connectivity index (χ2n) is 8.27. The van der Waals surface area contributed by atoms with Crippen LogP contribution in [0.5, 0.6) is 0 Å². The number of amides is 1. The highest BCUT2D eigenvalue weighted by atomic mass is 16.6. The predicted molar refractivity (Wildman–Crippen MR) is 114 cm³/mol. The molecule has 0 radical (unpaired) electrons. The van der Waals surface area contributed by atoms with Gasteiger partial charge in [-0.2, -0.15) is 0 Å².